The molecule has 1 heterocycles. The van der Waals surface area contributed by atoms with Crippen molar-refractivity contribution in [3.05, 3.63) is 46.7 Å². The highest BCUT2D eigenvalue weighted by Crippen LogP contribution is 2.61. The third-order valence-corrected chi connectivity index (χ3v) is 6.83. The van der Waals surface area contributed by atoms with E-state index in [-0.39, 0.29) is 32.0 Å². The van der Waals surface area contributed by atoms with E-state index in [1.165, 1.54) is 38.5 Å². The van der Waals surface area contributed by atoms with Gasteiger partial charge in [-0.1, -0.05) is 23.7 Å². The summed E-state index contributed by atoms with van der Waals surface area (Å²) in [4.78, 5) is 27.4. The SMILES string of the molecule is COCCC(CCOC)(c1ccc(Nc2ncc(C(F)(F)F)c(Cl)n2)cc1)P(=O)(O)O. The molecule has 0 aliphatic rings. The topological polar surface area (TPSA) is 114 Å². The van der Waals surface area contributed by atoms with Gasteiger partial charge in [0.05, 0.1) is 0 Å². The Morgan fingerprint density at radius 1 is 1.10 bits per heavy atom. The number of hydrogen-bond donors (Lipinski definition) is 3. The molecule has 8 nitrogen and oxygen atoms in total. The molecule has 2 rings (SSSR count). The maximum Gasteiger partial charge on any atom is 0.420 e. The Labute approximate surface area is 181 Å². The first kappa shape index (κ1) is 25.5. The minimum atomic E-state index is -4.67. The van der Waals surface area contributed by atoms with Crippen molar-refractivity contribution in [2.24, 2.45) is 0 Å². The molecule has 1 aromatic carbocycles. The minimum absolute atomic E-state index is 0.0571. The van der Waals surface area contributed by atoms with Crippen LogP contribution in [0.25, 0.3) is 0 Å². The van der Waals surface area contributed by atoms with E-state index in [0.29, 0.717) is 17.4 Å². The second kappa shape index (κ2) is 10.2. The summed E-state index contributed by atoms with van der Waals surface area (Å²) in [5.41, 5.74) is -0.401. The maximum absolute atomic E-state index is 12.8. The molecule has 31 heavy (non-hydrogen) atoms. The smallest absolute Gasteiger partial charge is 0.385 e. The maximum atomic E-state index is 12.8. The second-order valence-electron chi connectivity index (χ2n) is 6.66. The fraction of sp³-hybridized carbons (Fsp3) is 0.444. The van der Waals surface area contributed by atoms with Gasteiger partial charge in [-0.3, -0.25) is 4.57 Å². The van der Waals surface area contributed by atoms with Gasteiger partial charge in [0, 0.05) is 39.3 Å². The number of hydrogen-bond acceptors (Lipinski definition) is 6. The first-order chi connectivity index (χ1) is 14.4. The normalized spacial score (nSPS) is 12.8. The minimum Gasteiger partial charge on any atom is -0.385 e. The number of ether oxygens (including phenoxy) is 2. The Morgan fingerprint density at radius 3 is 2.06 bits per heavy atom. The van der Waals surface area contributed by atoms with Crippen LogP contribution in [0.2, 0.25) is 5.15 Å². The van der Waals surface area contributed by atoms with Gasteiger partial charge in [-0.15, -0.1) is 0 Å². The van der Waals surface area contributed by atoms with Crippen molar-refractivity contribution in [1.82, 2.24) is 9.97 Å². The van der Waals surface area contributed by atoms with E-state index in [2.05, 4.69) is 15.3 Å². The molecule has 0 aliphatic heterocycles. The standard InChI is InChI=1S/C18H22ClF3N3O5P/c1-29-9-7-17(8-10-30-2,31(26,27)28)12-3-5-13(6-4-12)24-16-23-11-14(15(19)25-16)18(20,21)22/h3-6,11H,7-10H2,1-2H3,(H,23,24,25)(H2,26,27,28). The van der Waals surface area contributed by atoms with E-state index in [9.17, 15) is 27.5 Å². The average molecular weight is 484 g/mol. The van der Waals surface area contributed by atoms with Gasteiger partial charge in [-0.25, -0.2) is 9.97 Å². The molecule has 2 aromatic rings. The first-order valence-electron chi connectivity index (χ1n) is 8.95. The molecular formula is C18H22ClF3N3O5P. The Morgan fingerprint density at radius 2 is 1.65 bits per heavy atom. The van der Waals surface area contributed by atoms with Gasteiger partial charge < -0.3 is 24.6 Å². The highest BCUT2D eigenvalue weighted by Gasteiger charge is 2.47. The number of nitrogens with zero attached hydrogens (tertiary/aromatic N) is 2. The molecule has 13 heteroatoms. The lowest BCUT2D eigenvalue weighted by Crippen LogP contribution is -2.29. The molecule has 3 N–H and O–H groups in total. The summed E-state index contributed by atoms with van der Waals surface area (Å²) in [6.07, 6.45) is -3.99. The molecule has 0 fully saturated rings. The molecule has 0 radical (unpaired) electrons. The number of rotatable bonds is 10. The van der Waals surface area contributed by atoms with Crippen molar-refractivity contribution in [2.45, 2.75) is 24.2 Å². The number of halogens is 4. The third kappa shape index (κ3) is 6.15. The van der Waals surface area contributed by atoms with Crippen LogP contribution in [-0.2, 0) is 25.4 Å². The summed E-state index contributed by atoms with van der Waals surface area (Å²) in [7, 11) is -1.76. The Hall–Kier alpha value is -1.75. The number of alkyl halides is 3. The van der Waals surface area contributed by atoms with Gasteiger partial charge in [0.2, 0.25) is 5.95 Å². The molecule has 0 spiro atoms. The van der Waals surface area contributed by atoms with E-state index in [4.69, 9.17) is 21.1 Å². The molecule has 0 saturated carbocycles. The molecule has 0 bridgehead atoms. The lowest BCUT2D eigenvalue weighted by molar-refractivity contribution is -0.137. The van der Waals surface area contributed by atoms with Crippen molar-refractivity contribution in [2.75, 3.05) is 32.8 Å². The first-order valence-corrected chi connectivity index (χ1v) is 10.9. The largest absolute Gasteiger partial charge is 0.420 e. The molecule has 0 unspecified atom stereocenters. The predicted octanol–water partition coefficient (Wildman–Crippen LogP) is 4.34. The van der Waals surface area contributed by atoms with Crippen molar-refractivity contribution >= 4 is 30.8 Å². The zero-order valence-corrected chi connectivity index (χ0v) is 18.3. The fourth-order valence-corrected chi connectivity index (χ4v) is 4.51. The molecular weight excluding hydrogens is 462 g/mol. The number of aromatic nitrogens is 2. The van der Waals surface area contributed by atoms with Crippen LogP contribution in [0.3, 0.4) is 0 Å². The summed E-state index contributed by atoms with van der Waals surface area (Å²) < 4.78 is 60.8. The van der Waals surface area contributed by atoms with Crippen LogP contribution in [-0.4, -0.2) is 47.2 Å². The zero-order valence-electron chi connectivity index (χ0n) is 16.7. The van der Waals surface area contributed by atoms with Crippen LogP contribution in [0.15, 0.2) is 30.5 Å². The molecule has 0 atom stereocenters. The summed E-state index contributed by atoms with van der Waals surface area (Å²) in [5.74, 6) is -0.161. The van der Waals surface area contributed by atoms with Gasteiger partial charge in [-0.2, -0.15) is 13.2 Å². The highest BCUT2D eigenvalue weighted by molar-refractivity contribution is 7.53. The number of methoxy groups -OCH3 is 2. The van der Waals surface area contributed by atoms with Gasteiger partial charge in [0.15, 0.2) is 0 Å². The molecule has 0 amide bonds. The van der Waals surface area contributed by atoms with Gasteiger partial charge in [-0.05, 0) is 30.5 Å². The zero-order chi connectivity index (χ0) is 23.3. The van der Waals surface area contributed by atoms with Crippen LogP contribution in [0, 0.1) is 0 Å². The van der Waals surface area contributed by atoms with Crippen LogP contribution in [0.1, 0.15) is 24.0 Å². The third-order valence-electron chi connectivity index (χ3n) is 4.72. The van der Waals surface area contributed by atoms with E-state index >= 15 is 0 Å². The van der Waals surface area contributed by atoms with Crippen molar-refractivity contribution < 1.29 is 37.0 Å². The van der Waals surface area contributed by atoms with Gasteiger partial charge >= 0.3 is 13.8 Å². The number of nitrogens with one attached hydrogen (secondary N) is 1. The summed E-state index contributed by atoms with van der Waals surface area (Å²) in [5, 5.41) is 0.439. The summed E-state index contributed by atoms with van der Waals surface area (Å²) in [6.45, 7) is 0.236. The van der Waals surface area contributed by atoms with Crippen LogP contribution in [0.5, 0.6) is 0 Å². The Bertz CT molecular complexity index is 917. The van der Waals surface area contributed by atoms with Gasteiger partial charge in [0.25, 0.3) is 0 Å². The molecule has 0 saturated heterocycles. The van der Waals surface area contributed by atoms with Crippen LogP contribution >= 0.6 is 19.2 Å². The van der Waals surface area contributed by atoms with E-state index in [0.717, 1.165) is 0 Å². The monoisotopic (exact) mass is 483 g/mol. The fourth-order valence-electron chi connectivity index (χ4n) is 3.02. The summed E-state index contributed by atoms with van der Waals surface area (Å²) in [6, 6.07) is 6.04. The lowest BCUT2D eigenvalue weighted by Gasteiger charge is -2.34. The quantitative estimate of drug-likeness (QED) is 0.338. The van der Waals surface area contributed by atoms with E-state index < -0.39 is 29.6 Å². The van der Waals surface area contributed by atoms with Crippen molar-refractivity contribution in [3.8, 4) is 0 Å². The number of anilines is 2. The average Bonchev–Trinajstić information content (AvgIpc) is 2.67. The van der Waals surface area contributed by atoms with Gasteiger partial charge in [0.1, 0.15) is 15.9 Å². The highest BCUT2D eigenvalue weighted by atomic mass is 35.5. The van der Waals surface area contributed by atoms with Crippen molar-refractivity contribution in [1.29, 1.82) is 0 Å². The predicted molar refractivity (Wildman–Crippen MR) is 108 cm³/mol. The van der Waals surface area contributed by atoms with Crippen molar-refractivity contribution in [3.63, 3.8) is 0 Å². The lowest BCUT2D eigenvalue weighted by atomic mass is 9.91. The van der Waals surface area contributed by atoms with E-state index in [1.54, 1.807) is 0 Å². The summed E-state index contributed by atoms with van der Waals surface area (Å²) >= 11 is 5.59. The van der Waals surface area contributed by atoms with E-state index in [1.807, 2.05) is 0 Å². The Balaban J connectivity index is 2.33. The second-order valence-corrected chi connectivity index (χ2v) is 8.96. The van der Waals surface area contributed by atoms with Crippen LogP contribution in [0.4, 0.5) is 24.8 Å². The molecule has 172 valence electrons. The number of benzene rings is 1. The Kier molecular flexibility index (Phi) is 8.43. The molecule has 0 aliphatic carbocycles. The van der Waals surface area contributed by atoms with Crippen LogP contribution < -0.4 is 5.32 Å². The molecule has 1 aromatic heterocycles.